The molecular weight excluding hydrogens is 404 g/mol. The van der Waals surface area contributed by atoms with E-state index in [1.54, 1.807) is 23.0 Å². The smallest absolute Gasteiger partial charge is 0.271 e. The number of benzene rings is 1. The van der Waals surface area contributed by atoms with Crippen LogP contribution in [0.5, 0.6) is 0 Å². The van der Waals surface area contributed by atoms with Gasteiger partial charge in [-0.25, -0.2) is 14.6 Å². The topological polar surface area (TPSA) is 90.0 Å². The molecule has 3 aromatic rings. The molecular formula is C21H21ClN6O2. The van der Waals surface area contributed by atoms with Gasteiger partial charge in [0.25, 0.3) is 5.69 Å². The molecule has 1 aromatic carbocycles. The van der Waals surface area contributed by atoms with Crippen LogP contribution in [0.3, 0.4) is 0 Å². The number of hydrogen-bond donors (Lipinski definition) is 0. The number of anilines is 1. The molecule has 154 valence electrons. The van der Waals surface area contributed by atoms with Crippen LogP contribution in [0.15, 0.2) is 36.7 Å². The van der Waals surface area contributed by atoms with Gasteiger partial charge in [-0.15, -0.1) is 0 Å². The summed E-state index contributed by atoms with van der Waals surface area (Å²) in [7, 11) is 0. The summed E-state index contributed by atoms with van der Waals surface area (Å²) in [5, 5.41) is 16.1. The van der Waals surface area contributed by atoms with E-state index in [2.05, 4.69) is 20.0 Å². The molecule has 0 atom stereocenters. The highest BCUT2D eigenvalue weighted by Gasteiger charge is 2.44. The standard InChI is InChI=1S/C21H21ClN6O2/c1-14-10-17(25-20(22)24-14)15-12-23-27(13-15)18-3-2-16(28(29)30)11-19(18)26-8-6-21(4-5-21)7-9-26/h2-3,10-13H,4-9H2,1H3. The number of aromatic nitrogens is 4. The minimum atomic E-state index is -0.347. The van der Waals surface area contributed by atoms with Gasteiger partial charge in [0.15, 0.2) is 0 Å². The Kier molecular flexibility index (Phi) is 4.47. The summed E-state index contributed by atoms with van der Waals surface area (Å²) in [6, 6.07) is 6.80. The summed E-state index contributed by atoms with van der Waals surface area (Å²) in [5.41, 5.74) is 4.54. The summed E-state index contributed by atoms with van der Waals surface area (Å²) in [6.45, 7) is 3.67. The normalized spacial score (nSPS) is 17.3. The predicted octanol–water partition coefficient (Wildman–Crippen LogP) is 4.58. The molecule has 1 aliphatic heterocycles. The number of piperidine rings is 1. The maximum Gasteiger partial charge on any atom is 0.271 e. The number of halogens is 1. The zero-order valence-electron chi connectivity index (χ0n) is 16.6. The van der Waals surface area contributed by atoms with Crippen molar-refractivity contribution in [3.05, 3.63) is 57.8 Å². The molecule has 2 fully saturated rings. The van der Waals surface area contributed by atoms with E-state index >= 15 is 0 Å². The molecule has 5 rings (SSSR count). The second kappa shape index (κ2) is 7.05. The first-order valence-corrected chi connectivity index (χ1v) is 10.4. The summed E-state index contributed by atoms with van der Waals surface area (Å²) >= 11 is 6.01. The fourth-order valence-electron chi connectivity index (χ4n) is 4.24. The van der Waals surface area contributed by atoms with Gasteiger partial charge in [0.2, 0.25) is 5.28 Å². The van der Waals surface area contributed by atoms with Crippen molar-refractivity contribution < 1.29 is 4.92 Å². The number of nitro groups is 1. The lowest BCUT2D eigenvalue weighted by atomic mass is 9.93. The molecule has 0 amide bonds. The van der Waals surface area contributed by atoms with E-state index in [1.165, 1.54) is 18.9 Å². The van der Waals surface area contributed by atoms with Gasteiger partial charge >= 0.3 is 0 Å². The van der Waals surface area contributed by atoms with E-state index in [1.807, 2.05) is 19.2 Å². The lowest BCUT2D eigenvalue weighted by Crippen LogP contribution is -2.35. The summed E-state index contributed by atoms with van der Waals surface area (Å²) < 4.78 is 1.75. The van der Waals surface area contributed by atoms with Crippen LogP contribution in [0.25, 0.3) is 16.9 Å². The van der Waals surface area contributed by atoms with Gasteiger partial charge in [-0.3, -0.25) is 10.1 Å². The molecule has 0 unspecified atom stereocenters. The van der Waals surface area contributed by atoms with E-state index in [0.717, 1.165) is 48.6 Å². The molecule has 9 heteroatoms. The SMILES string of the molecule is Cc1cc(-c2cnn(-c3ccc([N+](=O)[O-])cc3N3CCC4(CC3)CC4)c2)nc(Cl)n1. The molecule has 8 nitrogen and oxygen atoms in total. The molecule has 0 bridgehead atoms. The molecule has 1 saturated heterocycles. The Morgan fingerprint density at radius 1 is 1.10 bits per heavy atom. The third kappa shape index (κ3) is 3.52. The monoisotopic (exact) mass is 424 g/mol. The lowest BCUT2D eigenvalue weighted by Gasteiger charge is -2.34. The number of non-ortho nitro benzene ring substituents is 1. The number of nitrogens with zero attached hydrogens (tertiary/aromatic N) is 6. The first-order chi connectivity index (χ1) is 14.4. The Balaban J connectivity index is 1.52. The fraction of sp³-hybridized carbons (Fsp3) is 0.381. The average molecular weight is 425 g/mol. The van der Waals surface area contributed by atoms with E-state index in [-0.39, 0.29) is 15.9 Å². The Morgan fingerprint density at radius 3 is 2.53 bits per heavy atom. The van der Waals surface area contributed by atoms with E-state index in [4.69, 9.17) is 11.6 Å². The Morgan fingerprint density at radius 2 is 1.87 bits per heavy atom. The quantitative estimate of drug-likeness (QED) is 0.346. The molecule has 1 spiro atoms. The summed E-state index contributed by atoms with van der Waals surface area (Å²) in [6.07, 6.45) is 8.49. The highest BCUT2D eigenvalue weighted by atomic mass is 35.5. The molecule has 3 heterocycles. The summed E-state index contributed by atoms with van der Waals surface area (Å²) in [4.78, 5) is 21.7. The largest absolute Gasteiger partial charge is 0.370 e. The van der Waals surface area contributed by atoms with Gasteiger partial charge in [-0.1, -0.05) is 0 Å². The van der Waals surface area contributed by atoms with E-state index < -0.39 is 0 Å². The van der Waals surface area contributed by atoms with Gasteiger partial charge < -0.3 is 4.90 Å². The van der Waals surface area contributed by atoms with Crippen LogP contribution in [0, 0.1) is 22.5 Å². The first kappa shape index (κ1) is 19.0. The zero-order chi connectivity index (χ0) is 20.9. The van der Waals surface area contributed by atoms with Gasteiger partial charge in [0.05, 0.1) is 28.2 Å². The Labute approximate surface area is 178 Å². The van der Waals surface area contributed by atoms with Crippen molar-refractivity contribution in [1.29, 1.82) is 0 Å². The van der Waals surface area contributed by atoms with Crippen molar-refractivity contribution in [2.45, 2.75) is 32.6 Å². The minimum Gasteiger partial charge on any atom is -0.370 e. The third-order valence-electron chi connectivity index (χ3n) is 6.24. The summed E-state index contributed by atoms with van der Waals surface area (Å²) in [5.74, 6) is 0. The highest BCUT2D eigenvalue weighted by Crippen LogP contribution is 2.54. The van der Waals surface area contributed by atoms with Crippen molar-refractivity contribution in [1.82, 2.24) is 19.7 Å². The molecule has 30 heavy (non-hydrogen) atoms. The Bertz CT molecular complexity index is 1110. The minimum absolute atomic E-state index is 0.0889. The van der Waals surface area contributed by atoms with Gasteiger partial charge in [-0.05, 0) is 61.8 Å². The van der Waals surface area contributed by atoms with Crippen LogP contribution in [0.2, 0.25) is 5.28 Å². The molecule has 2 aliphatic rings. The van der Waals surface area contributed by atoms with E-state index in [0.29, 0.717) is 11.1 Å². The second-order valence-electron chi connectivity index (χ2n) is 8.25. The lowest BCUT2D eigenvalue weighted by molar-refractivity contribution is -0.384. The van der Waals surface area contributed by atoms with Gasteiger partial charge in [-0.2, -0.15) is 5.10 Å². The van der Waals surface area contributed by atoms with Crippen LogP contribution in [-0.2, 0) is 0 Å². The van der Waals surface area contributed by atoms with Crippen molar-refractivity contribution in [2.75, 3.05) is 18.0 Å². The van der Waals surface area contributed by atoms with Crippen LogP contribution in [-0.4, -0.2) is 37.8 Å². The maximum atomic E-state index is 11.4. The van der Waals surface area contributed by atoms with Crippen molar-refractivity contribution in [2.24, 2.45) is 5.41 Å². The first-order valence-electron chi connectivity index (χ1n) is 10.0. The molecule has 1 saturated carbocycles. The van der Waals surface area contributed by atoms with Crippen LogP contribution < -0.4 is 4.90 Å². The highest BCUT2D eigenvalue weighted by molar-refractivity contribution is 6.28. The number of aryl methyl sites for hydroxylation is 1. The van der Waals surface area contributed by atoms with Gasteiger partial charge in [0, 0.05) is 42.7 Å². The second-order valence-corrected chi connectivity index (χ2v) is 8.59. The Hall–Kier alpha value is -3.00. The van der Waals surface area contributed by atoms with Crippen LogP contribution in [0.4, 0.5) is 11.4 Å². The van der Waals surface area contributed by atoms with Crippen molar-refractivity contribution >= 4 is 23.0 Å². The third-order valence-corrected chi connectivity index (χ3v) is 6.41. The molecule has 1 aliphatic carbocycles. The van der Waals surface area contributed by atoms with Gasteiger partial charge in [0.1, 0.15) is 0 Å². The average Bonchev–Trinajstić information content (AvgIpc) is 3.28. The predicted molar refractivity (Wildman–Crippen MR) is 114 cm³/mol. The van der Waals surface area contributed by atoms with Crippen molar-refractivity contribution in [3.8, 4) is 16.9 Å². The number of rotatable bonds is 4. The van der Waals surface area contributed by atoms with E-state index in [9.17, 15) is 10.1 Å². The van der Waals surface area contributed by atoms with Crippen LogP contribution in [0.1, 0.15) is 31.4 Å². The van der Waals surface area contributed by atoms with Crippen LogP contribution >= 0.6 is 11.6 Å². The van der Waals surface area contributed by atoms with Crippen molar-refractivity contribution in [3.63, 3.8) is 0 Å². The number of nitro benzene ring substituents is 1. The molecule has 0 radical (unpaired) electrons. The zero-order valence-corrected chi connectivity index (χ0v) is 17.3. The number of hydrogen-bond acceptors (Lipinski definition) is 6. The molecule has 2 aromatic heterocycles. The fourth-order valence-corrected chi connectivity index (χ4v) is 4.46. The molecule has 0 N–H and O–H groups in total. The maximum absolute atomic E-state index is 11.4.